The monoisotopic (exact) mass is 343 g/mol. The van der Waals surface area contributed by atoms with E-state index in [1.54, 1.807) is 30.3 Å². The highest BCUT2D eigenvalue weighted by molar-refractivity contribution is 7.92. The number of nitrogens with zero attached hydrogens (tertiary/aromatic N) is 3. The fourth-order valence-electron chi connectivity index (χ4n) is 3.14. The maximum atomic E-state index is 13.0. The maximum absolute atomic E-state index is 13.0. The summed E-state index contributed by atoms with van der Waals surface area (Å²) in [5, 5.41) is 0. The van der Waals surface area contributed by atoms with E-state index in [4.69, 9.17) is 5.73 Å². The Kier molecular flexibility index (Phi) is 3.42. The van der Waals surface area contributed by atoms with E-state index in [1.807, 2.05) is 0 Å². The number of hydrogen-bond donors (Lipinski definition) is 2. The molecule has 1 aromatic carbocycles. The van der Waals surface area contributed by atoms with Crippen LogP contribution in [0.25, 0.3) is 11.0 Å². The molecule has 1 aliphatic rings. The van der Waals surface area contributed by atoms with E-state index in [0.717, 1.165) is 25.9 Å². The number of aromatic amines is 1. The number of rotatable bonds is 3. The molecule has 3 N–H and O–H groups in total. The molecule has 7 nitrogen and oxygen atoms in total. The lowest BCUT2D eigenvalue weighted by molar-refractivity contribution is 0.597. The zero-order valence-corrected chi connectivity index (χ0v) is 13.8. The number of sulfone groups is 1. The minimum atomic E-state index is -3.76. The number of hydrogen-bond acceptors (Lipinski definition) is 6. The van der Waals surface area contributed by atoms with E-state index in [-0.39, 0.29) is 15.6 Å². The Balaban J connectivity index is 1.94. The number of aromatic nitrogens is 3. The molecule has 1 saturated heterocycles. The van der Waals surface area contributed by atoms with Gasteiger partial charge in [-0.3, -0.25) is 0 Å². The van der Waals surface area contributed by atoms with Gasteiger partial charge < -0.3 is 15.6 Å². The van der Waals surface area contributed by atoms with E-state index >= 15 is 0 Å². The maximum Gasteiger partial charge on any atom is 0.212 e. The highest BCUT2D eigenvalue weighted by atomic mass is 32.2. The molecule has 1 fully saturated rings. The van der Waals surface area contributed by atoms with Gasteiger partial charge in [-0.2, -0.15) is 0 Å². The first-order valence-corrected chi connectivity index (χ1v) is 9.24. The van der Waals surface area contributed by atoms with E-state index in [0.29, 0.717) is 16.9 Å². The summed E-state index contributed by atoms with van der Waals surface area (Å²) < 4.78 is 26.0. The van der Waals surface area contributed by atoms with Gasteiger partial charge in [0.15, 0.2) is 5.82 Å². The van der Waals surface area contributed by atoms with E-state index in [9.17, 15) is 8.42 Å². The topological polar surface area (TPSA) is 105 Å². The zero-order chi connectivity index (χ0) is 16.7. The van der Waals surface area contributed by atoms with Crippen molar-refractivity contribution in [3.05, 3.63) is 36.7 Å². The zero-order valence-electron chi connectivity index (χ0n) is 12.9. The van der Waals surface area contributed by atoms with Gasteiger partial charge in [-0.25, -0.2) is 18.4 Å². The molecule has 0 radical (unpaired) electrons. The average Bonchev–Trinajstić information content (AvgIpc) is 3.22. The first-order valence-electron chi connectivity index (χ1n) is 7.76. The predicted molar refractivity (Wildman–Crippen MR) is 91.6 cm³/mol. The van der Waals surface area contributed by atoms with E-state index < -0.39 is 9.84 Å². The Hall–Kier alpha value is -2.61. The SMILES string of the molecule is Nc1[nH]c2c(N3CCCC3)ncnc2c1S(=O)(=O)c1ccccc1. The summed E-state index contributed by atoms with van der Waals surface area (Å²) in [6, 6.07) is 8.24. The molecule has 1 aliphatic heterocycles. The number of anilines is 2. The molecular formula is C16H17N5O2S. The third-order valence-corrected chi connectivity index (χ3v) is 6.12. The number of nitrogens with two attached hydrogens (primary N) is 1. The van der Waals surface area contributed by atoms with Crippen LogP contribution >= 0.6 is 0 Å². The quantitative estimate of drug-likeness (QED) is 0.753. The van der Waals surface area contributed by atoms with E-state index in [1.165, 1.54) is 6.33 Å². The van der Waals surface area contributed by atoms with Crippen molar-refractivity contribution in [3.63, 3.8) is 0 Å². The Labute approximate surface area is 139 Å². The molecule has 2 aromatic heterocycles. The Morgan fingerprint density at radius 2 is 1.79 bits per heavy atom. The van der Waals surface area contributed by atoms with Crippen LogP contribution < -0.4 is 10.6 Å². The van der Waals surface area contributed by atoms with Gasteiger partial charge in [0.1, 0.15) is 28.1 Å². The molecule has 4 rings (SSSR count). The molecule has 0 saturated carbocycles. The largest absolute Gasteiger partial charge is 0.384 e. The van der Waals surface area contributed by atoms with Crippen LogP contribution in [-0.2, 0) is 9.84 Å². The highest BCUT2D eigenvalue weighted by Crippen LogP contribution is 2.35. The standard InChI is InChI=1S/C16H17N5O2S/c17-15-14(24(22,23)11-6-2-1-3-7-11)12-13(20-15)16(19-10-18-12)21-8-4-5-9-21/h1-3,6-7,10,20H,4-5,8-9,17H2. The minimum Gasteiger partial charge on any atom is -0.384 e. The van der Waals surface area contributed by atoms with Gasteiger partial charge in [0.2, 0.25) is 9.84 Å². The molecule has 0 bridgehead atoms. The van der Waals surface area contributed by atoms with Crippen LogP contribution in [0.15, 0.2) is 46.5 Å². The van der Waals surface area contributed by atoms with E-state index in [2.05, 4.69) is 19.9 Å². The van der Waals surface area contributed by atoms with Crippen molar-refractivity contribution in [1.29, 1.82) is 0 Å². The molecule has 0 spiro atoms. The first-order chi connectivity index (χ1) is 11.6. The van der Waals surface area contributed by atoms with Crippen molar-refractivity contribution in [2.45, 2.75) is 22.6 Å². The normalized spacial score (nSPS) is 15.2. The van der Waals surface area contributed by atoms with Crippen LogP contribution in [0, 0.1) is 0 Å². The summed E-state index contributed by atoms with van der Waals surface area (Å²) in [5.74, 6) is 0.800. The van der Waals surface area contributed by atoms with Crippen LogP contribution in [0.3, 0.4) is 0 Å². The second-order valence-electron chi connectivity index (χ2n) is 5.80. The van der Waals surface area contributed by atoms with Crippen molar-refractivity contribution < 1.29 is 8.42 Å². The number of benzene rings is 1. The summed E-state index contributed by atoms with van der Waals surface area (Å²) in [7, 11) is -3.76. The second-order valence-corrected chi connectivity index (χ2v) is 7.69. The predicted octanol–water partition coefficient (Wildman–Crippen LogP) is 1.97. The van der Waals surface area contributed by atoms with Crippen LogP contribution in [0.4, 0.5) is 11.6 Å². The Bertz CT molecular complexity index is 992. The summed E-state index contributed by atoms with van der Waals surface area (Å²) in [4.78, 5) is 13.8. The number of fused-ring (bicyclic) bond motifs is 1. The van der Waals surface area contributed by atoms with Crippen LogP contribution in [0.1, 0.15) is 12.8 Å². The van der Waals surface area contributed by atoms with Gasteiger partial charge >= 0.3 is 0 Å². The lowest BCUT2D eigenvalue weighted by Gasteiger charge is -2.16. The van der Waals surface area contributed by atoms with Crippen LogP contribution in [0.2, 0.25) is 0 Å². The molecule has 0 atom stereocenters. The van der Waals surface area contributed by atoms with Crippen molar-refractivity contribution in [2.75, 3.05) is 23.7 Å². The molecular weight excluding hydrogens is 326 g/mol. The van der Waals surface area contributed by atoms with Gasteiger partial charge in [0.25, 0.3) is 0 Å². The molecule has 3 heterocycles. The second kappa shape index (κ2) is 5.48. The fourth-order valence-corrected chi connectivity index (χ4v) is 4.64. The summed E-state index contributed by atoms with van der Waals surface area (Å²) in [6.07, 6.45) is 3.58. The third-order valence-electron chi connectivity index (χ3n) is 4.27. The van der Waals surface area contributed by atoms with Gasteiger partial charge in [-0.15, -0.1) is 0 Å². The number of nitrogen functional groups attached to an aromatic ring is 1. The molecule has 0 unspecified atom stereocenters. The van der Waals surface area contributed by atoms with Crippen molar-refractivity contribution >= 4 is 32.5 Å². The Morgan fingerprint density at radius 3 is 2.50 bits per heavy atom. The molecule has 3 aromatic rings. The van der Waals surface area contributed by atoms with Crippen molar-refractivity contribution in [2.24, 2.45) is 0 Å². The molecule has 0 amide bonds. The third kappa shape index (κ3) is 2.22. The van der Waals surface area contributed by atoms with Gasteiger partial charge in [-0.1, -0.05) is 18.2 Å². The summed E-state index contributed by atoms with van der Waals surface area (Å²) in [5.41, 5.74) is 6.94. The van der Waals surface area contributed by atoms with Gasteiger partial charge in [0, 0.05) is 13.1 Å². The van der Waals surface area contributed by atoms with Crippen LogP contribution in [-0.4, -0.2) is 36.5 Å². The highest BCUT2D eigenvalue weighted by Gasteiger charge is 2.28. The Morgan fingerprint density at radius 1 is 1.08 bits per heavy atom. The number of nitrogens with one attached hydrogen (secondary N) is 1. The fraction of sp³-hybridized carbons (Fsp3) is 0.250. The lowest BCUT2D eigenvalue weighted by atomic mass is 10.4. The molecule has 8 heteroatoms. The lowest BCUT2D eigenvalue weighted by Crippen LogP contribution is -2.19. The molecule has 0 aliphatic carbocycles. The first kappa shape index (κ1) is 14.9. The van der Waals surface area contributed by atoms with Gasteiger partial charge in [0.05, 0.1) is 4.90 Å². The smallest absolute Gasteiger partial charge is 0.212 e. The van der Waals surface area contributed by atoms with Crippen molar-refractivity contribution in [1.82, 2.24) is 15.0 Å². The van der Waals surface area contributed by atoms with Crippen LogP contribution in [0.5, 0.6) is 0 Å². The average molecular weight is 343 g/mol. The van der Waals surface area contributed by atoms with Gasteiger partial charge in [-0.05, 0) is 25.0 Å². The van der Waals surface area contributed by atoms with Crippen molar-refractivity contribution in [3.8, 4) is 0 Å². The summed E-state index contributed by atoms with van der Waals surface area (Å²) in [6.45, 7) is 1.79. The number of H-pyrrole nitrogens is 1. The molecule has 24 heavy (non-hydrogen) atoms. The summed E-state index contributed by atoms with van der Waals surface area (Å²) >= 11 is 0. The minimum absolute atomic E-state index is 0.0200. The molecule has 124 valence electrons.